The smallest absolute Gasteiger partial charge is 0.107 e. The third kappa shape index (κ3) is 4.76. The molecule has 0 spiro atoms. The van der Waals surface area contributed by atoms with Crippen molar-refractivity contribution >= 4 is 22.9 Å². The average molecular weight is 280 g/mol. The van der Waals surface area contributed by atoms with Gasteiger partial charge in [0.1, 0.15) is 4.99 Å². The van der Waals surface area contributed by atoms with Gasteiger partial charge >= 0.3 is 0 Å². The number of hydrogen-bond acceptors (Lipinski definition) is 4. The molecule has 19 heavy (non-hydrogen) atoms. The summed E-state index contributed by atoms with van der Waals surface area (Å²) in [6, 6.07) is 2.37. The summed E-state index contributed by atoms with van der Waals surface area (Å²) in [5.74, 6) is 0. The van der Waals surface area contributed by atoms with Crippen LogP contribution in [0.1, 0.15) is 30.3 Å². The molecule has 5 heteroatoms. The van der Waals surface area contributed by atoms with Crippen molar-refractivity contribution in [3.05, 3.63) is 23.0 Å². The van der Waals surface area contributed by atoms with E-state index in [0.717, 1.165) is 35.6 Å². The number of aryl methyl sites for hydroxylation is 2. The van der Waals surface area contributed by atoms with Crippen LogP contribution in [0, 0.1) is 13.8 Å². The molecule has 1 unspecified atom stereocenters. The number of pyridine rings is 1. The normalized spacial score (nSPS) is 12.5. The van der Waals surface area contributed by atoms with Crippen LogP contribution in [0.25, 0.3) is 0 Å². The minimum absolute atomic E-state index is 0.358. The Kier molecular flexibility index (Phi) is 5.69. The Bertz CT molecular complexity index is 457. The number of nitrogens with one attached hydrogen (secondary N) is 1. The second-order valence-electron chi connectivity index (χ2n) is 5.27. The molecule has 4 nitrogen and oxygen atoms in total. The quantitative estimate of drug-likeness (QED) is 0.782. The molecule has 0 aromatic carbocycles. The van der Waals surface area contributed by atoms with Crippen LogP contribution in [0.4, 0.5) is 5.69 Å². The van der Waals surface area contributed by atoms with E-state index < -0.39 is 0 Å². The summed E-state index contributed by atoms with van der Waals surface area (Å²) in [5, 5.41) is 3.49. The molecule has 0 saturated heterocycles. The highest BCUT2D eigenvalue weighted by molar-refractivity contribution is 7.80. The zero-order chi connectivity index (χ0) is 14.6. The van der Waals surface area contributed by atoms with Gasteiger partial charge in [-0.2, -0.15) is 0 Å². The molecular weight excluding hydrogens is 256 g/mol. The van der Waals surface area contributed by atoms with Crippen molar-refractivity contribution in [1.82, 2.24) is 9.88 Å². The number of aromatic nitrogens is 1. The maximum absolute atomic E-state index is 5.81. The van der Waals surface area contributed by atoms with Crippen LogP contribution >= 0.6 is 12.2 Å². The summed E-state index contributed by atoms with van der Waals surface area (Å²) in [5.41, 5.74) is 9.51. The number of nitrogens with zero attached hydrogens (tertiary/aromatic N) is 2. The first-order chi connectivity index (χ1) is 8.81. The molecule has 0 aliphatic carbocycles. The average Bonchev–Trinajstić information content (AvgIpc) is 2.24. The van der Waals surface area contributed by atoms with Gasteiger partial charge in [-0.1, -0.05) is 12.2 Å². The van der Waals surface area contributed by atoms with Gasteiger partial charge in [0.05, 0.1) is 5.56 Å². The maximum Gasteiger partial charge on any atom is 0.107 e. The van der Waals surface area contributed by atoms with E-state index in [-0.39, 0.29) is 0 Å². The molecular formula is C14H24N4S. The summed E-state index contributed by atoms with van der Waals surface area (Å²) in [6.45, 7) is 7.13. The van der Waals surface area contributed by atoms with Gasteiger partial charge in [-0.15, -0.1) is 0 Å². The minimum Gasteiger partial charge on any atom is -0.389 e. The molecule has 3 N–H and O–H groups in total. The van der Waals surface area contributed by atoms with Crippen LogP contribution in [-0.4, -0.2) is 41.6 Å². The van der Waals surface area contributed by atoms with E-state index in [9.17, 15) is 0 Å². The summed E-state index contributed by atoms with van der Waals surface area (Å²) in [7, 11) is 4.15. The van der Waals surface area contributed by atoms with Crippen molar-refractivity contribution in [1.29, 1.82) is 0 Å². The highest BCUT2D eigenvalue weighted by Gasteiger charge is 2.13. The summed E-state index contributed by atoms with van der Waals surface area (Å²) in [6.07, 6.45) is 1.06. The molecule has 1 aromatic rings. The lowest BCUT2D eigenvalue weighted by Gasteiger charge is -2.20. The Morgan fingerprint density at radius 1 is 1.47 bits per heavy atom. The first-order valence-electron chi connectivity index (χ1n) is 6.50. The zero-order valence-electron chi connectivity index (χ0n) is 12.4. The lowest BCUT2D eigenvalue weighted by molar-refractivity contribution is 0.390. The van der Waals surface area contributed by atoms with Gasteiger partial charge in [0.25, 0.3) is 0 Å². The first kappa shape index (κ1) is 15.9. The van der Waals surface area contributed by atoms with Crippen LogP contribution < -0.4 is 11.1 Å². The van der Waals surface area contributed by atoms with E-state index in [0.29, 0.717) is 11.0 Å². The highest BCUT2D eigenvalue weighted by atomic mass is 32.1. The number of nitrogens with two attached hydrogens (primary N) is 1. The summed E-state index contributed by atoms with van der Waals surface area (Å²) < 4.78 is 0. The van der Waals surface area contributed by atoms with E-state index in [2.05, 4.69) is 36.2 Å². The predicted octanol–water partition coefficient (Wildman–Crippen LogP) is 2.08. The number of thiocarbonyl (C=S) groups is 1. The van der Waals surface area contributed by atoms with Gasteiger partial charge < -0.3 is 16.0 Å². The lowest BCUT2D eigenvalue weighted by Crippen LogP contribution is -2.25. The largest absolute Gasteiger partial charge is 0.389 e. The molecule has 1 aromatic heterocycles. The maximum atomic E-state index is 5.81. The van der Waals surface area contributed by atoms with E-state index >= 15 is 0 Å². The van der Waals surface area contributed by atoms with E-state index in [4.69, 9.17) is 18.0 Å². The van der Waals surface area contributed by atoms with Crippen molar-refractivity contribution in [2.24, 2.45) is 5.73 Å². The Morgan fingerprint density at radius 3 is 2.63 bits per heavy atom. The molecule has 0 fully saturated rings. The van der Waals surface area contributed by atoms with Gasteiger partial charge in [-0.05, 0) is 53.9 Å². The standard InChI is InChI=1S/C14H24N4S/c1-9(6-7-18(4)5)17-12-8-10(2)16-11(3)13(12)14(15)19/h8-9H,6-7H2,1-5H3,(H2,15,19)(H,16,17). The first-order valence-corrected chi connectivity index (χ1v) is 6.91. The van der Waals surface area contributed by atoms with Gasteiger partial charge in [-0.25, -0.2) is 0 Å². The van der Waals surface area contributed by atoms with Crippen molar-refractivity contribution in [3.63, 3.8) is 0 Å². The second-order valence-corrected chi connectivity index (χ2v) is 5.71. The molecule has 0 amide bonds. The van der Waals surface area contributed by atoms with Crippen LogP contribution in [0.15, 0.2) is 6.07 Å². The fraction of sp³-hybridized carbons (Fsp3) is 0.571. The molecule has 0 radical (unpaired) electrons. The molecule has 0 aliphatic heterocycles. The fourth-order valence-corrected chi connectivity index (χ4v) is 2.30. The Hall–Kier alpha value is -1.20. The number of rotatable bonds is 6. The number of anilines is 1. The Labute approximate surface area is 121 Å². The van der Waals surface area contributed by atoms with Crippen molar-refractivity contribution in [3.8, 4) is 0 Å². The molecule has 0 saturated carbocycles. The monoisotopic (exact) mass is 280 g/mol. The molecule has 1 atom stereocenters. The van der Waals surface area contributed by atoms with Gasteiger partial charge in [-0.3, -0.25) is 4.98 Å². The molecule has 0 bridgehead atoms. The Balaban J connectivity index is 2.90. The third-order valence-corrected chi connectivity index (χ3v) is 3.19. The van der Waals surface area contributed by atoms with Gasteiger partial charge in [0.15, 0.2) is 0 Å². The SMILES string of the molecule is Cc1cc(NC(C)CCN(C)C)c(C(N)=S)c(C)n1. The van der Waals surface area contributed by atoms with Crippen LogP contribution in [0.2, 0.25) is 0 Å². The van der Waals surface area contributed by atoms with Crippen LogP contribution in [-0.2, 0) is 0 Å². The van der Waals surface area contributed by atoms with E-state index in [1.165, 1.54) is 0 Å². The van der Waals surface area contributed by atoms with Crippen molar-refractivity contribution in [2.75, 3.05) is 26.0 Å². The van der Waals surface area contributed by atoms with Gasteiger partial charge in [0.2, 0.25) is 0 Å². The summed E-state index contributed by atoms with van der Waals surface area (Å²) in [4.78, 5) is 6.99. The van der Waals surface area contributed by atoms with Crippen molar-refractivity contribution in [2.45, 2.75) is 33.2 Å². The van der Waals surface area contributed by atoms with Crippen LogP contribution in [0.5, 0.6) is 0 Å². The fourth-order valence-electron chi connectivity index (χ4n) is 2.04. The van der Waals surface area contributed by atoms with Crippen molar-refractivity contribution < 1.29 is 0 Å². The van der Waals surface area contributed by atoms with E-state index in [1.807, 2.05) is 19.9 Å². The molecule has 1 heterocycles. The Morgan fingerprint density at radius 2 is 2.11 bits per heavy atom. The lowest BCUT2D eigenvalue weighted by atomic mass is 10.1. The van der Waals surface area contributed by atoms with E-state index in [1.54, 1.807) is 0 Å². The molecule has 106 valence electrons. The zero-order valence-corrected chi connectivity index (χ0v) is 13.3. The second kappa shape index (κ2) is 6.82. The predicted molar refractivity (Wildman–Crippen MR) is 85.9 cm³/mol. The van der Waals surface area contributed by atoms with Crippen LogP contribution in [0.3, 0.4) is 0 Å². The topological polar surface area (TPSA) is 54.2 Å². The third-order valence-electron chi connectivity index (χ3n) is 2.99. The number of hydrogen-bond donors (Lipinski definition) is 2. The molecule has 0 aliphatic rings. The minimum atomic E-state index is 0.358. The molecule has 1 rings (SSSR count). The summed E-state index contributed by atoms with van der Waals surface area (Å²) >= 11 is 5.13. The highest BCUT2D eigenvalue weighted by Crippen LogP contribution is 2.21. The van der Waals surface area contributed by atoms with Gasteiger partial charge in [0, 0.05) is 23.1 Å².